The van der Waals surface area contributed by atoms with Gasteiger partial charge in [-0.3, -0.25) is 9.59 Å². The number of halogens is 1. The Labute approximate surface area is 148 Å². The maximum absolute atomic E-state index is 12.7. The number of benzene rings is 2. The number of carbonyl (C=O) groups is 1. The first-order valence-electron chi connectivity index (χ1n) is 7.70. The van der Waals surface area contributed by atoms with Gasteiger partial charge in [-0.05, 0) is 38.1 Å². The van der Waals surface area contributed by atoms with Gasteiger partial charge < -0.3 is 10.4 Å². The van der Waals surface area contributed by atoms with Crippen LogP contribution >= 0.6 is 11.6 Å². The molecule has 7 heteroatoms. The molecule has 2 N–H and O–H groups in total. The standard InChI is InChI=1S/C18H16ClN3O3/c1-10(2)22-18(25)13-6-4-3-5-12(13)16(21-22)17(24)20-14-9-11(19)7-8-15(14)23/h3-10,23H,1-2H3,(H,20,24). The van der Waals surface area contributed by atoms with Gasteiger partial charge in [0.2, 0.25) is 0 Å². The Morgan fingerprint density at radius 1 is 1.20 bits per heavy atom. The van der Waals surface area contributed by atoms with Gasteiger partial charge >= 0.3 is 0 Å². The number of nitrogens with zero attached hydrogens (tertiary/aromatic N) is 2. The largest absolute Gasteiger partial charge is 0.506 e. The van der Waals surface area contributed by atoms with Crippen molar-refractivity contribution >= 4 is 34.0 Å². The van der Waals surface area contributed by atoms with Crippen LogP contribution in [0.2, 0.25) is 5.02 Å². The van der Waals surface area contributed by atoms with Crippen LogP contribution in [0.5, 0.6) is 5.75 Å². The molecule has 1 aromatic heterocycles. The average molecular weight is 358 g/mol. The number of nitrogens with one attached hydrogen (secondary N) is 1. The van der Waals surface area contributed by atoms with E-state index in [4.69, 9.17) is 11.6 Å². The third-order valence-electron chi connectivity index (χ3n) is 3.74. The van der Waals surface area contributed by atoms with Crippen LogP contribution in [-0.4, -0.2) is 20.8 Å². The lowest BCUT2D eigenvalue weighted by Crippen LogP contribution is -2.28. The zero-order valence-corrected chi connectivity index (χ0v) is 14.4. The number of carbonyl (C=O) groups excluding carboxylic acids is 1. The fourth-order valence-electron chi connectivity index (χ4n) is 2.51. The van der Waals surface area contributed by atoms with E-state index in [1.54, 1.807) is 24.3 Å². The number of amides is 1. The van der Waals surface area contributed by atoms with E-state index in [1.807, 2.05) is 13.8 Å². The molecule has 128 valence electrons. The zero-order valence-electron chi connectivity index (χ0n) is 13.7. The Bertz CT molecular complexity index is 1030. The van der Waals surface area contributed by atoms with Crippen molar-refractivity contribution in [3.63, 3.8) is 0 Å². The number of phenols is 1. The summed E-state index contributed by atoms with van der Waals surface area (Å²) in [6.45, 7) is 3.63. The molecular weight excluding hydrogens is 342 g/mol. The normalized spacial score (nSPS) is 11.0. The molecule has 0 atom stereocenters. The Morgan fingerprint density at radius 3 is 2.56 bits per heavy atom. The van der Waals surface area contributed by atoms with Crippen LogP contribution in [0, 0.1) is 0 Å². The summed E-state index contributed by atoms with van der Waals surface area (Å²) in [6.07, 6.45) is 0. The highest BCUT2D eigenvalue weighted by Crippen LogP contribution is 2.27. The quantitative estimate of drug-likeness (QED) is 0.701. The molecule has 0 aliphatic heterocycles. The van der Waals surface area contributed by atoms with E-state index in [0.717, 1.165) is 0 Å². The van der Waals surface area contributed by atoms with Gasteiger partial charge in [-0.1, -0.05) is 29.8 Å². The smallest absolute Gasteiger partial charge is 0.276 e. The van der Waals surface area contributed by atoms with Crippen molar-refractivity contribution < 1.29 is 9.90 Å². The van der Waals surface area contributed by atoms with E-state index >= 15 is 0 Å². The Morgan fingerprint density at radius 2 is 1.88 bits per heavy atom. The van der Waals surface area contributed by atoms with Gasteiger partial charge in [-0.15, -0.1) is 0 Å². The molecule has 0 saturated carbocycles. The second-order valence-corrected chi connectivity index (χ2v) is 6.29. The third-order valence-corrected chi connectivity index (χ3v) is 3.97. The van der Waals surface area contributed by atoms with Crippen molar-refractivity contribution in [1.29, 1.82) is 0 Å². The van der Waals surface area contributed by atoms with Crippen LogP contribution in [0.3, 0.4) is 0 Å². The third kappa shape index (κ3) is 3.21. The molecule has 0 radical (unpaired) electrons. The molecule has 6 nitrogen and oxygen atoms in total. The predicted molar refractivity (Wildman–Crippen MR) is 97.5 cm³/mol. The first-order valence-corrected chi connectivity index (χ1v) is 8.07. The molecule has 25 heavy (non-hydrogen) atoms. The minimum absolute atomic E-state index is 0.100. The van der Waals surface area contributed by atoms with Crippen LogP contribution in [0.1, 0.15) is 30.4 Å². The van der Waals surface area contributed by atoms with E-state index in [0.29, 0.717) is 15.8 Å². The van der Waals surface area contributed by atoms with Gasteiger partial charge in [-0.2, -0.15) is 5.10 Å². The summed E-state index contributed by atoms with van der Waals surface area (Å²) in [5, 5.41) is 17.9. The summed E-state index contributed by atoms with van der Waals surface area (Å²) >= 11 is 5.91. The summed E-state index contributed by atoms with van der Waals surface area (Å²) in [5.74, 6) is -0.651. The molecule has 3 aromatic rings. The Balaban J connectivity index is 2.14. The molecule has 2 aromatic carbocycles. The highest BCUT2D eigenvalue weighted by molar-refractivity contribution is 6.31. The summed E-state index contributed by atoms with van der Waals surface area (Å²) in [4.78, 5) is 25.2. The van der Waals surface area contributed by atoms with E-state index in [9.17, 15) is 14.7 Å². The fourth-order valence-corrected chi connectivity index (χ4v) is 2.69. The van der Waals surface area contributed by atoms with Gasteiger partial charge in [0.25, 0.3) is 11.5 Å². The Hall–Kier alpha value is -2.86. The summed E-state index contributed by atoms with van der Waals surface area (Å²) in [6, 6.07) is 10.9. The molecule has 0 unspecified atom stereocenters. The lowest BCUT2D eigenvalue weighted by atomic mass is 10.1. The fraction of sp³-hybridized carbons (Fsp3) is 0.167. The number of anilines is 1. The number of aromatic hydroxyl groups is 1. The van der Waals surface area contributed by atoms with Gasteiger partial charge in [0.1, 0.15) is 5.75 Å². The van der Waals surface area contributed by atoms with E-state index in [2.05, 4.69) is 10.4 Å². The van der Waals surface area contributed by atoms with Gasteiger partial charge in [0.05, 0.1) is 17.1 Å². The first kappa shape index (κ1) is 17.0. The van der Waals surface area contributed by atoms with Gasteiger partial charge in [0.15, 0.2) is 5.69 Å². The van der Waals surface area contributed by atoms with Crippen molar-refractivity contribution in [2.24, 2.45) is 0 Å². The molecule has 3 rings (SSSR count). The zero-order chi connectivity index (χ0) is 18.1. The molecule has 0 bridgehead atoms. The van der Waals surface area contributed by atoms with Crippen LogP contribution in [0.25, 0.3) is 10.8 Å². The number of rotatable bonds is 3. The molecule has 1 amide bonds. The lowest BCUT2D eigenvalue weighted by molar-refractivity contribution is 0.102. The predicted octanol–water partition coefficient (Wildman–Crippen LogP) is 3.59. The molecule has 0 aliphatic rings. The highest BCUT2D eigenvalue weighted by Gasteiger charge is 2.18. The summed E-state index contributed by atoms with van der Waals surface area (Å²) in [5.41, 5.74) is 0.0155. The molecule has 1 heterocycles. The molecule has 0 saturated heterocycles. The van der Waals surface area contributed by atoms with E-state index < -0.39 is 5.91 Å². The van der Waals surface area contributed by atoms with Crippen LogP contribution in [0.15, 0.2) is 47.3 Å². The van der Waals surface area contributed by atoms with E-state index in [1.165, 1.54) is 22.9 Å². The number of aromatic nitrogens is 2. The number of fused-ring (bicyclic) bond motifs is 1. The Kier molecular flexibility index (Phi) is 4.46. The number of hydrogen-bond acceptors (Lipinski definition) is 4. The van der Waals surface area contributed by atoms with Crippen molar-refractivity contribution in [2.45, 2.75) is 19.9 Å². The average Bonchev–Trinajstić information content (AvgIpc) is 2.58. The molecule has 0 spiro atoms. The van der Waals surface area contributed by atoms with E-state index in [-0.39, 0.29) is 28.7 Å². The highest BCUT2D eigenvalue weighted by atomic mass is 35.5. The van der Waals surface area contributed by atoms with Crippen molar-refractivity contribution in [2.75, 3.05) is 5.32 Å². The van der Waals surface area contributed by atoms with Gasteiger partial charge in [0, 0.05) is 10.4 Å². The topological polar surface area (TPSA) is 84.2 Å². The second kappa shape index (κ2) is 6.57. The molecule has 0 fully saturated rings. The SMILES string of the molecule is CC(C)n1nc(C(=O)Nc2cc(Cl)ccc2O)c2ccccc2c1=O. The maximum atomic E-state index is 12.7. The van der Waals surface area contributed by atoms with Crippen LogP contribution in [0.4, 0.5) is 5.69 Å². The van der Waals surface area contributed by atoms with Crippen molar-refractivity contribution in [3.8, 4) is 5.75 Å². The lowest BCUT2D eigenvalue weighted by Gasteiger charge is -2.14. The minimum atomic E-state index is -0.539. The maximum Gasteiger partial charge on any atom is 0.276 e. The van der Waals surface area contributed by atoms with Crippen molar-refractivity contribution in [1.82, 2.24) is 9.78 Å². The first-order chi connectivity index (χ1) is 11.9. The van der Waals surface area contributed by atoms with Crippen LogP contribution < -0.4 is 10.9 Å². The minimum Gasteiger partial charge on any atom is -0.506 e. The summed E-state index contributed by atoms with van der Waals surface area (Å²) in [7, 11) is 0. The van der Waals surface area contributed by atoms with Crippen LogP contribution in [-0.2, 0) is 0 Å². The molecule has 0 aliphatic carbocycles. The second-order valence-electron chi connectivity index (χ2n) is 5.85. The monoisotopic (exact) mass is 357 g/mol. The summed E-state index contributed by atoms with van der Waals surface area (Å²) < 4.78 is 1.27. The molecular formula is C18H16ClN3O3. The number of phenolic OH excluding ortho intramolecular Hbond substituents is 1. The van der Waals surface area contributed by atoms with Gasteiger partial charge in [-0.25, -0.2) is 4.68 Å². The van der Waals surface area contributed by atoms with Crippen molar-refractivity contribution in [3.05, 3.63) is 63.5 Å². The number of hydrogen-bond donors (Lipinski definition) is 2.